The van der Waals surface area contributed by atoms with Crippen molar-refractivity contribution in [1.29, 1.82) is 0 Å². The van der Waals surface area contributed by atoms with Gasteiger partial charge in [-0.2, -0.15) is 0 Å². The largest absolute Gasteiger partial charge is 0.497 e. The van der Waals surface area contributed by atoms with Crippen LogP contribution < -0.4 is 14.8 Å². The van der Waals surface area contributed by atoms with Crippen LogP contribution in [0.3, 0.4) is 0 Å². The Morgan fingerprint density at radius 1 is 0.900 bits per heavy atom. The molecule has 2 aromatic carbocycles. The van der Waals surface area contributed by atoms with E-state index in [2.05, 4.69) is 20.5 Å². The zero-order valence-corrected chi connectivity index (χ0v) is 24.2. The van der Waals surface area contributed by atoms with Gasteiger partial charge in [0.15, 0.2) is 5.13 Å². The molecule has 2 aromatic heterocycles. The number of anilines is 1. The summed E-state index contributed by atoms with van der Waals surface area (Å²) in [4.78, 5) is 34.0. The number of nitrogens with zero attached hydrogens (tertiary/aromatic N) is 4. The normalized spacial score (nSPS) is 11.5. The zero-order chi connectivity index (χ0) is 28.5. The molecule has 0 radical (unpaired) electrons. The highest BCUT2D eigenvalue weighted by atomic mass is 32.2. The molecule has 0 aliphatic heterocycles. The second-order valence-electron chi connectivity index (χ2n) is 8.38. The van der Waals surface area contributed by atoms with Gasteiger partial charge >= 0.3 is 5.97 Å². The average molecular weight is 580 g/mol. The van der Waals surface area contributed by atoms with Gasteiger partial charge in [0.05, 0.1) is 38.2 Å². The number of carbonyl (C=O) groups is 2. The van der Waals surface area contributed by atoms with Crippen molar-refractivity contribution in [2.45, 2.75) is 37.1 Å². The Morgan fingerprint density at radius 3 is 2.10 bits per heavy atom. The Balaban J connectivity index is 1.56. The SMILES string of the molecule is CCOC(=O)Cc1csc(NC(=O)C(CC)Sc2nnc(-c3ccc(OC)cc3)c(-c3ccc(OC)cc3)n2)n1. The fourth-order valence-corrected chi connectivity index (χ4v) is 5.23. The summed E-state index contributed by atoms with van der Waals surface area (Å²) >= 11 is 2.48. The first-order valence-corrected chi connectivity index (χ1v) is 14.3. The van der Waals surface area contributed by atoms with Crippen LogP contribution in [0.4, 0.5) is 5.13 Å². The third kappa shape index (κ3) is 7.33. The Hall–Kier alpha value is -4.03. The van der Waals surface area contributed by atoms with Crippen LogP contribution in [0.5, 0.6) is 11.5 Å². The van der Waals surface area contributed by atoms with Gasteiger partial charge in [-0.25, -0.2) is 9.97 Å². The fraction of sp³-hybridized carbons (Fsp3) is 0.286. The minimum Gasteiger partial charge on any atom is -0.497 e. The van der Waals surface area contributed by atoms with Gasteiger partial charge < -0.3 is 19.5 Å². The summed E-state index contributed by atoms with van der Waals surface area (Å²) in [5.74, 6) is 0.857. The van der Waals surface area contributed by atoms with Crippen molar-refractivity contribution in [3.63, 3.8) is 0 Å². The molecule has 2 heterocycles. The minimum atomic E-state index is -0.491. The molecule has 4 rings (SSSR count). The smallest absolute Gasteiger partial charge is 0.311 e. The molecular weight excluding hydrogens is 550 g/mol. The highest BCUT2D eigenvalue weighted by Crippen LogP contribution is 2.33. The predicted octanol–water partition coefficient (Wildman–Crippen LogP) is 5.29. The molecule has 1 unspecified atom stereocenters. The number of ether oxygens (including phenoxy) is 3. The number of rotatable bonds is 12. The number of aromatic nitrogens is 4. The second kappa shape index (κ2) is 13.9. The van der Waals surface area contributed by atoms with Crippen LogP contribution in [0, 0.1) is 0 Å². The highest BCUT2D eigenvalue weighted by molar-refractivity contribution is 8.00. The first kappa shape index (κ1) is 29.0. The van der Waals surface area contributed by atoms with Crippen molar-refractivity contribution in [3.05, 3.63) is 59.6 Å². The maximum Gasteiger partial charge on any atom is 0.311 e. The number of hydrogen-bond acceptors (Lipinski definition) is 11. The molecule has 1 atom stereocenters. The van der Waals surface area contributed by atoms with Crippen LogP contribution >= 0.6 is 23.1 Å². The van der Waals surface area contributed by atoms with E-state index in [1.807, 2.05) is 55.5 Å². The fourth-order valence-electron chi connectivity index (χ4n) is 3.70. The number of esters is 1. The van der Waals surface area contributed by atoms with E-state index in [1.54, 1.807) is 26.5 Å². The van der Waals surface area contributed by atoms with Gasteiger partial charge in [-0.1, -0.05) is 18.7 Å². The van der Waals surface area contributed by atoms with Crippen LogP contribution in [-0.2, 0) is 20.7 Å². The summed E-state index contributed by atoms with van der Waals surface area (Å²) in [6, 6.07) is 15.0. The lowest BCUT2D eigenvalue weighted by atomic mass is 10.0. The number of methoxy groups -OCH3 is 2. The molecule has 1 amide bonds. The molecule has 208 valence electrons. The number of nitrogens with one attached hydrogen (secondary N) is 1. The molecule has 0 aliphatic carbocycles. The first-order chi connectivity index (χ1) is 19.4. The maximum absolute atomic E-state index is 13.1. The van der Waals surface area contributed by atoms with E-state index >= 15 is 0 Å². The average Bonchev–Trinajstić information content (AvgIpc) is 3.42. The van der Waals surface area contributed by atoms with E-state index in [4.69, 9.17) is 19.2 Å². The molecule has 40 heavy (non-hydrogen) atoms. The van der Waals surface area contributed by atoms with Crippen LogP contribution in [-0.4, -0.2) is 58.1 Å². The van der Waals surface area contributed by atoms with E-state index in [-0.39, 0.29) is 18.3 Å². The van der Waals surface area contributed by atoms with Crippen LogP contribution in [0.2, 0.25) is 0 Å². The minimum absolute atomic E-state index is 0.0559. The topological polar surface area (TPSA) is 125 Å². The van der Waals surface area contributed by atoms with Gasteiger partial charge in [0, 0.05) is 16.5 Å². The quantitative estimate of drug-likeness (QED) is 0.175. The Labute approximate surface area is 240 Å². The van der Waals surface area contributed by atoms with Crippen LogP contribution in [0.25, 0.3) is 22.5 Å². The van der Waals surface area contributed by atoms with E-state index < -0.39 is 5.25 Å². The van der Waals surface area contributed by atoms with Crippen molar-refractivity contribution in [3.8, 4) is 34.0 Å². The molecule has 0 spiro atoms. The van der Waals surface area contributed by atoms with Gasteiger partial charge in [-0.05, 0) is 61.9 Å². The number of hydrogen-bond donors (Lipinski definition) is 1. The van der Waals surface area contributed by atoms with Crippen molar-refractivity contribution in [2.24, 2.45) is 0 Å². The number of carbonyl (C=O) groups excluding carboxylic acids is 2. The van der Waals surface area contributed by atoms with E-state index in [1.165, 1.54) is 23.1 Å². The molecule has 4 aromatic rings. The molecule has 10 nitrogen and oxygen atoms in total. The summed E-state index contributed by atoms with van der Waals surface area (Å²) in [5, 5.41) is 13.7. The third-order valence-corrected chi connectivity index (χ3v) is 7.74. The second-order valence-corrected chi connectivity index (χ2v) is 10.4. The Morgan fingerprint density at radius 2 is 1.52 bits per heavy atom. The van der Waals surface area contributed by atoms with Gasteiger partial charge in [-0.15, -0.1) is 21.5 Å². The molecule has 1 N–H and O–H groups in total. The predicted molar refractivity (Wildman–Crippen MR) is 155 cm³/mol. The number of benzene rings is 2. The number of amides is 1. The van der Waals surface area contributed by atoms with E-state index in [9.17, 15) is 9.59 Å². The summed E-state index contributed by atoms with van der Waals surface area (Å²) in [7, 11) is 3.23. The van der Waals surface area contributed by atoms with Crippen molar-refractivity contribution in [1.82, 2.24) is 20.2 Å². The van der Waals surface area contributed by atoms with Crippen molar-refractivity contribution < 1.29 is 23.8 Å². The summed E-state index contributed by atoms with van der Waals surface area (Å²) in [6.07, 6.45) is 0.583. The van der Waals surface area contributed by atoms with Gasteiger partial charge in [-0.3, -0.25) is 9.59 Å². The molecule has 0 saturated heterocycles. The summed E-state index contributed by atoms with van der Waals surface area (Å²) in [5.41, 5.74) is 3.44. The van der Waals surface area contributed by atoms with Crippen LogP contribution in [0.15, 0.2) is 59.1 Å². The van der Waals surface area contributed by atoms with Gasteiger partial charge in [0.25, 0.3) is 0 Å². The third-order valence-electron chi connectivity index (χ3n) is 5.72. The summed E-state index contributed by atoms with van der Waals surface area (Å²) in [6.45, 7) is 3.97. The molecule has 0 aliphatic rings. The van der Waals surface area contributed by atoms with E-state index in [0.29, 0.717) is 40.4 Å². The highest BCUT2D eigenvalue weighted by Gasteiger charge is 2.23. The summed E-state index contributed by atoms with van der Waals surface area (Å²) < 4.78 is 15.5. The molecule has 0 bridgehead atoms. The first-order valence-electron chi connectivity index (χ1n) is 12.5. The lowest BCUT2D eigenvalue weighted by Gasteiger charge is -2.14. The maximum atomic E-state index is 13.1. The lowest BCUT2D eigenvalue weighted by Crippen LogP contribution is -2.25. The Kier molecular flexibility index (Phi) is 10.0. The van der Waals surface area contributed by atoms with Crippen molar-refractivity contribution >= 4 is 40.1 Å². The molecule has 0 saturated carbocycles. The monoisotopic (exact) mass is 579 g/mol. The van der Waals surface area contributed by atoms with Gasteiger partial charge in [0.1, 0.15) is 22.9 Å². The Bertz CT molecular complexity index is 1440. The number of thiazole rings is 1. The van der Waals surface area contributed by atoms with Crippen LogP contribution in [0.1, 0.15) is 26.0 Å². The molecule has 12 heteroatoms. The van der Waals surface area contributed by atoms with Gasteiger partial charge in [0.2, 0.25) is 11.1 Å². The lowest BCUT2D eigenvalue weighted by molar-refractivity contribution is -0.142. The zero-order valence-electron chi connectivity index (χ0n) is 22.5. The molecule has 0 fully saturated rings. The van der Waals surface area contributed by atoms with E-state index in [0.717, 1.165) is 22.6 Å². The molecular formula is C28H29N5O5S2. The van der Waals surface area contributed by atoms with Crippen molar-refractivity contribution in [2.75, 3.05) is 26.1 Å². The number of thioether (sulfide) groups is 1. The standard InChI is InChI=1S/C28H29N5O5S2/c1-5-22(26(35)31-27-29-19(16-39-27)15-23(34)38-6-2)40-28-30-24(17-7-11-20(36-3)12-8-17)25(32-33-28)18-9-13-21(37-4)14-10-18/h7-14,16,22H,5-6,15H2,1-4H3,(H,29,31,35).